The summed E-state index contributed by atoms with van der Waals surface area (Å²) in [7, 11) is -1.59. The molecule has 0 unspecified atom stereocenters. The van der Waals surface area contributed by atoms with Crippen LogP contribution in [0.15, 0.2) is 24.4 Å². The van der Waals surface area contributed by atoms with E-state index < -0.39 is 20.7 Å². The van der Waals surface area contributed by atoms with Crippen molar-refractivity contribution in [3.63, 3.8) is 0 Å². The Morgan fingerprint density at radius 1 is 1.23 bits per heavy atom. The number of nitrogens with zero attached hydrogens (tertiary/aromatic N) is 1. The molecule has 1 aliphatic rings. The maximum absolute atomic E-state index is 13.7. The van der Waals surface area contributed by atoms with Crippen molar-refractivity contribution in [3.05, 3.63) is 47.4 Å². The number of pyridine rings is 1. The van der Waals surface area contributed by atoms with Crippen LogP contribution in [-0.2, 0) is 26.5 Å². The fraction of sp³-hybridized carbons (Fsp3) is 0.500. The fourth-order valence-electron chi connectivity index (χ4n) is 3.86. The van der Waals surface area contributed by atoms with E-state index in [1.54, 1.807) is 0 Å². The number of benzene rings is 1. The molecule has 1 saturated carbocycles. The van der Waals surface area contributed by atoms with E-state index in [4.69, 9.17) is 4.11 Å². The van der Waals surface area contributed by atoms with E-state index in [0.29, 0.717) is 17.2 Å². The van der Waals surface area contributed by atoms with Gasteiger partial charge in [0.15, 0.2) is 0 Å². The topological polar surface area (TPSA) is 12.9 Å². The first-order chi connectivity index (χ1) is 13.1. The molecule has 1 aliphatic carbocycles. The Kier molecular flexibility index (Phi) is 5.92. The third kappa shape index (κ3) is 5.12. The second-order valence-electron chi connectivity index (χ2n) is 8.29. The Morgan fingerprint density at radius 2 is 1.96 bits per heavy atom. The maximum atomic E-state index is 13.7. The Labute approximate surface area is 176 Å². The molecular weight excluding hydrogens is 518 g/mol. The van der Waals surface area contributed by atoms with E-state index in [1.165, 1.54) is 48.9 Å². The second-order valence-corrected chi connectivity index (χ2v) is 13.3. The van der Waals surface area contributed by atoms with Gasteiger partial charge in [0.1, 0.15) is 0 Å². The molecule has 0 N–H and O–H groups in total. The van der Waals surface area contributed by atoms with Gasteiger partial charge in [-0.25, -0.2) is 0 Å². The van der Waals surface area contributed by atoms with Crippen molar-refractivity contribution in [2.24, 2.45) is 5.92 Å². The zero-order valence-corrected chi connectivity index (χ0v) is 19.2. The van der Waals surface area contributed by atoms with Gasteiger partial charge in [-0.05, 0) is 23.2 Å². The first-order valence-electron chi connectivity index (χ1n) is 10.8. The summed E-state index contributed by atoms with van der Waals surface area (Å²) in [6.07, 6.45) is 9.36. The van der Waals surface area contributed by atoms with E-state index in [1.807, 2.05) is 12.3 Å². The Balaban J connectivity index is 0.00000300. The van der Waals surface area contributed by atoms with Crippen molar-refractivity contribution in [2.75, 3.05) is 0 Å². The van der Waals surface area contributed by atoms with Gasteiger partial charge in [0.2, 0.25) is 0 Å². The van der Waals surface area contributed by atoms with Crippen molar-refractivity contribution >= 4 is 13.3 Å². The Hall–Kier alpha value is -0.834. The van der Waals surface area contributed by atoms with Gasteiger partial charge >= 0.3 is 0 Å². The van der Waals surface area contributed by atoms with Gasteiger partial charge in [-0.15, -0.1) is 29.3 Å². The molecule has 1 fully saturated rings. The number of rotatable bonds is 4. The normalized spacial score (nSPS) is 17.8. The summed E-state index contributed by atoms with van der Waals surface area (Å²) in [6, 6.07) is 7.16. The zero-order valence-electron chi connectivity index (χ0n) is 18.8. The summed E-state index contributed by atoms with van der Waals surface area (Å²) < 4.78 is 37.1. The minimum absolute atomic E-state index is 0. The van der Waals surface area contributed by atoms with E-state index in [9.17, 15) is 4.39 Å². The van der Waals surface area contributed by atoms with Crippen molar-refractivity contribution in [2.45, 2.75) is 65.0 Å². The molecule has 1 aromatic heterocycles. The summed E-state index contributed by atoms with van der Waals surface area (Å²) >= 11 is 0. The largest absolute Gasteiger partial charge is 0.305 e. The van der Waals surface area contributed by atoms with Crippen LogP contribution in [0.3, 0.4) is 0 Å². The molecule has 4 heteroatoms. The number of halogens is 1. The molecule has 0 aliphatic heterocycles. The van der Waals surface area contributed by atoms with Crippen LogP contribution in [0.4, 0.5) is 4.39 Å². The second kappa shape index (κ2) is 8.90. The minimum Gasteiger partial charge on any atom is -0.305 e. The molecule has 0 saturated heterocycles. The number of hydrogen-bond donors (Lipinski definition) is 0. The summed E-state index contributed by atoms with van der Waals surface area (Å²) in [5, 5.41) is 1.33. The SMILES string of the molecule is [2H]C([2H])([2H])c1cc(F)c[c-]c1-c1cc(CC2CCCCC2)c([Si](C)(C)C)cn1.[Ir]. The summed E-state index contributed by atoms with van der Waals surface area (Å²) in [5.74, 6) is 0.0920. The molecule has 1 nitrogen and oxygen atoms in total. The third-order valence-corrected chi connectivity index (χ3v) is 7.26. The molecule has 2 aromatic rings. The van der Waals surface area contributed by atoms with E-state index in [2.05, 4.69) is 30.7 Å². The van der Waals surface area contributed by atoms with Gasteiger partial charge in [-0.1, -0.05) is 70.2 Å². The molecule has 26 heavy (non-hydrogen) atoms. The van der Waals surface area contributed by atoms with Gasteiger partial charge in [0, 0.05) is 36.2 Å². The molecule has 0 bridgehead atoms. The van der Waals surface area contributed by atoms with Gasteiger partial charge in [0.05, 0.1) is 8.07 Å². The zero-order chi connectivity index (χ0) is 20.5. The minimum atomic E-state index is -2.41. The van der Waals surface area contributed by atoms with Gasteiger partial charge < -0.3 is 4.98 Å². The van der Waals surface area contributed by atoms with Crippen molar-refractivity contribution in [3.8, 4) is 11.3 Å². The number of aryl methyl sites for hydroxylation is 1. The molecule has 0 atom stereocenters. The first kappa shape index (κ1) is 17.3. The number of aromatic nitrogens is 1. The molecule has 0 amide bonds. The van der Waals surface area contributed by atoms with Crippen LogP contribution in [0.1, 0.15) is 47.3 Å². The van der Waals surface area contributed by atoms with Crippen molar-refractivity contribution in [1.29, 1.82) is 0 Å². The average Bonchev–Trinajstić information content (AvgIpc) is 2.61. The van der Waals surface area contributed by atoms with E-state index in [0.717, 1.165) is 12.5 Å². The molecule has 3 rings (SSSR count). The summed E-state index contributed by atoms with van der Waals surface area (Å²) in [4.78, 5) is 4.60. The molecular formula is C22H29FIrNSi-. The van der Waals surface area contributed by atoms with E-state index >= 15 is 0 Å². The smallest absolute Gasteiger partial charge is 0.0798 e. The van der Waals surface area contributed by atoms with Crippen LogP contribution in [0.5, 0.6) is 0 Å². The average molecular weight is 550 g/mol. The first-order valence-corrected chi connectivity index (χ1v) is 12.8. The predicted octanol–water partition coefficient (Wildman–Crippen LogP) is 5.66. The fourth-order valence-corrected chi connectivity index (χ4v) is 5.45. The monoisotopic (exact) mass is 550 g/mol. The predicted molar refractivity (Wildman–Crippen MR) is 106 cm³/mol. The number of hydrogen-bond acceptors (Lipinski definition) is 1. The maximum Gasteiger partial charge on any atom is 0.0798 e. The third-order valence-electron chi connectivity index (χ3n) is 5.19. The van der Waals surface area contributed by atoms with Crippen molar-refractivity contribution in [1.82, 2.24) is 4.98 Å². The van der Waals surface area contributed by atoms with Crippen LogP contribution < -0.4 is 5.19 Å². The molecule has 0 spiro atoms. The standard InChI is InChI=1S/C22H29FNSi.Ir/c1-16-12-19(23)10-11-20(16)21-14-18(13-17-8-6-5-7-9-17)22(15-24-21)25(2,3)4;/h10,12,14-15,17H,5-9,13H2,1-4H3;/q-1;/i1D3;. The summed E-state index contributed by atoms with van der Waals surface area (Å²) in [5.41, 5.74) is 2.22. The van der Waals surface area contributed by atoms with Crippen LogP contribution >= 0.6 is 0 Å². The van der Waals surface area contributed by atoms with Crippen molar-refractivity contribution < 1.29 is 28.6 Å². The van der Waals surface area contributed by atoms with Gasteiger partial charge in [-0.3, -0.25) is 4.39 Å². The Bertz CT molecular complexity index is 843. The van der Waals surface area contributed by atoms with Gasteiger partial charge in [-0.2, -0.15) is 0 Å². The quantitative estimate of drug-likeness (QED) is 0.354. The molecule has 1 aromatic carbocycles. The summed E-state index contributed by atoms with van der Waals surface area (Å²) in [6.45, 7) is 4.53. The Morgan fingerprint density at radius 3 is 2.62 bits per heavy atom. The van der Waals surface area contributed by atoms with Gasteiger partial charge in [0.25, 0.3) is 0 Å². The van der Waals surface area contributed by atoms with Crippen LogP contribution in [0.2, 0.25) is 19.6 Å². The molecule has 143 valence electrons. The van der Waals surface area contributed by atoms with Crippen LogP contribution in [0, 0.1) is 24.7 Å². The molecule has 1 radical (unpaired) electrons. The van der Waals surface area contributed by atoms with E-state index in [-0.39, 0.29) is 25.7 Å². The molecule has 1 heterocycles. The van der Waals surface area contributed by atoms with Crippen LogP contribution in [0.25, 0.3) is 11.3 Å². The van der Waals surface area contributed by atoms with Crippen LogP contribution in [-0.4, -0.2) is 13.1 Å².